The van der Waals surface area contributed by atoms with E-state index in [1.54, 1.807) is 6.08 Å². The first kappa shape index (κ1) is 18.3. The summed E-state index contributed by atoms with van der Waals surface area (Å²) in [5.74, 6) is 1.56. The number of aliphatic hydroxyl groups is 1. The van der Waals surface area contributed by atoms with Crippen LogP contribution in [0.2, 0.25) is 0 Å². The molecular weight excluding hydrogens is 277 g/mol. The normalized spacial score (nSPS) is 24.4. The van der Waals surface area contributed by atoms with Crippen LogP contribution in [0.25, 0.3) is 0 Å². The largest absolute Gasteiger partial charge is 0.424 e. The van der Waals surface area contributed by atoms with Crippen molar-refractivity contribution in [3.05, 3.63) is 24.3 Å². The van der Waals surface area contributed by atoms with Crippen LogP contribution in [0.3, 0.4) is 0 Å². The first-order valence-corrected chi connectivity index (χ1v) is 7.77. The summed E-state index contributed by atoms with van der Waals surface area (Å²) in [6.07, 6.45) is 1.29. The molecular formula is C17H27F3O. The maximum Gasteiger partial charge on any atom is 0.424 e. The molecule has 0 aromatic carbocycles. The summed E-state index contributed by atoms with van der Waals surface area (Å²) < 4.78 is 39.1. The predicted octanol–water partition coefficient (Wildman–Crippen LogP) is 5.26. The van der Waals surface area contributed by atoms with Crippen molar-refractivity contribution in [1.29, 1.82) is 0 Å². The van der Waals surface area contributed by atoms with Gasteiger partial charge in [0.2, 0.25) is 0 Å². The number of rotatable bonds is 6. The SMILES string of the molecule is C=CC(O)(C1=CCC(C(CC)CC(C)C)CC1)C(F)(F)F. The van der Waals surface area contributed by atoms with E-state index in [1.165, 1.54) is 0 Å². The van der Waals surface area contributed by atoms with E-state index in [1.807, 2.05) is 0 Å². The lowest BCUT2D eigenvalue weighted by molar-refractivity contribution is -0.225. The Hall–Kier alpha value is -0.770. The molecule has 1 aliphatic carbocycles. The molecule has 3 atom stereocenters. The fourth-order valence-electron chi connectivity index (χ4n) is 3.36. The highest BCUT2D eigenvalue weighted by molar-refractivity contribution is 5.28. The van der Waals surface area contributed by atoms with E-state index in [4.69, 9.17) is 0 Å². The lowest BCUT2D eigenvalue weighted by atomic mass is 9.73. The summed E-state index contributed by atoms with van der Waals surface area (Å²) in [5.41, 5.74) is -2.81. The molecule has 0 saturated heterocycles. The minimum Gasteiger partial charge on any atom is -0.373 e. The first-order chi connectivity index (χ1) is 9.65. The van der Waals surface area contributed by atoms with Gasteiger partial charge in [-0.2, -0.15) is 13.2 Å². The van der Waals surface area contributed by atoms with E-state index < -0.39 is 11.8 Å². The van der Waals surface area contributed by atoms with Gasteiger partial charge in [-0.1, -0.05) is 39.8 Å². The minimum absolute atomic E-state index is 0.0562. The lowest BCUT2D eigenvalue weighted by Crippen LogP contribution is -2.45. The maximum atomic E-state index is 13.0. The monoisotopic (exact) mass is 304 g/mol. The molecule has 0 radical (unpaired) electrons. The Balaban J connectivity index is 2.84. The molecule has 0 bridgehead atoms. The summed E-state index contributed by atoms with van der Waals surface area (Å²) in [6.45, 7) is 9.66. The van der Waals surface area contributed by atoms with E-state index in [0.29, 0.717) is 43.1 Å². The van der Waals surface area contributed by atoms with Crippen molar-refractivity contribution in [2.45, 2.75) is 64.7 Å². The second-order valence-electron chi connectivity index (χ2n) is 6.53. The fraction of sp³-hybridized carbons (Fsp3) is 0.765. The third-order valence-electron chi connectivity index (χ3n) is 4.63. The van der Waals surface area contributed by atoms with Gasteiger partial charge < -0.3 is 5.11 Å². The van der Waals surface area contributed by atoms with Crippen molar-refractivity contribution in [2.24, 2.45) is 17.8 Å². The zero-order chi connectivity index (χ0) is 16.3. The summed E-state index contributed by atoms with van der Waals surface area (Å²) in [4.78, 5) is 0. The molecule has 122 valence electrons. The predicted molar refractivity (Wildman–Crippen MR) is 79.9 cm³/mol. The second kappa shape index (κ2) is 6.99. The highest BCUT2D eigenvalue weighted by Crippen LogP contribution is 2.43. The van der Waals surface area contributed by atoms with Gasteiger partial charge in [0.25, 0.3) is 0 Å². The van der Waals surface area contributed by atoms with Gasteiger partial charge in [0.05, 0.1) is 0 Å². The summed E-state index contributed by atoms with van der Waals surface area (Å²) in [6, 6.07) is 0. The van der Waals surface area contributed by atoms with Gasteiger partial charge in [0.1, 0.15) is 0 Å². The molecule has 0 aromatic heterocycles. The highest BCUT2D eigenvalue weighted by Gasteiger charge is 2.54. The Kier molecular flexibility index (Phi) is 6.09. The van der Waals surface area contributed by atoms with Gasteiger partial charge in [-0.25, -0.2) is 0 Å². The Morgan fingerprint density at radius 3 is 2.38 bits per heavy atom. The summed E-state index contributed by atoms with van der Waals surface area (Å²) in [7, 11) is 0. The lowest BCUT2D eigenvalue weighted by Gasteiger charge is -2.36. The van der Waals surface area contributed by atoms with Crippen molar-refractivity contribution < 1.29 is 18.3 Å². The smallest absolute Gasteiger partial charge is 0.373 e. The van der Waals surface area contributed by atoms with Crippen LogP contribution in [0, 0.1) is 17.8 Å². The molecule has 0 spiro atoms. The Bertz CT molecular complexity index is 384. The maximum absolute atomic E-state index is 13.0. The van der Waals surface area contributed by atoms with Crippen molar-refractivity contribution in [1.82, 2.24) is 0 Å². The molecule has 1 rings (SSSR count). The standard InChI is InChI=1S/C17H27F3O/c1-5-13(11-12(3)4)14-7-9-15(10-8-14)16(21,6-2)17(18,19)20/h6,9,12-14,21H,2,5,7-8,10-11H2,1,3-4H3. The van der Waals surface area contributed by atoms with Crippen molar-refractivity contribution in [3.63, 3.8) is 0 Å². The van der Waals surface area contributed by atoms with Crippen LogP contribution in [-0.4, -0.2) is 16.9 Å². The Labute approximate surface area is 125 Å². The third-order valence-corrected chi connectivity index (χ3v) is 4.63. The molecule has 3 unspecified atom stereocenters. The molecule has 0 aliphatic heterocycles. The summed E-state index contributed by atoms with van der Waals surface area (Å²) in [5, 5.41) is 9.90. The molecule has 0 saturated carbocycles. The molecule has 21 heavy (non-hydrogen) atoms. The van der Waals surface area contributed by atoms with Gasteiger partial charge in [-0.05, 0) is 55.1 Å². The van der Waals surface area contributed by atoms with Crippen LogP contribution in [-0.2, 0) is 0 Å². The van der Waals surface area contributed by atoms with E-state index in [0.717, 1.165) is 12.8 Å². The number of hydrogen-bond donors (Lipinski definition) is 1. The molecule has 0 heterocycles. The van der Waals surface area contributed by atoms with Crippen molar-refractivity contribution in [2.75, 3.05) is 0 Å². The zero-order valence-corrected chi connectivity index (χ0v) is 13.2. The van der Waals surface area contributed by atoms with Crippen molar-refractivity contribution in [3.8, 4) is 0 Å². The van der Waals surface area contributed by atoms with Gasteiger partial charge in [0.15, 0.2) is 5.60 Å². The van der Waals surface area contributed by atoms with Crippen LogP contribution in [0.1, 0.15) is 52.9 Å². The third kappa shape index (κ3) is 4.12. The molecule has 0 fully saturated rings. The van der Waals surface area contributed by atoms with Gasteiger partial charge in [-0.3, -0.25) is 0 Å². The second-order valence-corrected chi connectivity index (χ2v) is 6.53. The van der Waals surface area contributed by atoms with Crippen LogP contribution >= 0.6 is 0 Å². The molecule has 1 aliphatic rings. The van der Waals surface area contributed by atoms with Gasteiger partial charge in [-0.15, -0.1) is 0 Å². The van der Waals surface area contributed by atoms with E-state index in [-0.39, 0.29) is 5.57 Å². The molecule has 1 N–H and O–H groups in total. The van der Waals surface area contributed by atoms with Crippen LogP contribution in [0.15, 0.2) is 24.3 Å². The Morgan fingerprint density at radius 2 is 2.05 bits per heavy atom. The first-order valence-electron chi connectivity index (χ1n) is 7.77. The van der Waals surface area contributed by atoms with Gasteiger partial charge >= 0.3 is 6.18 Å². The van der Waals surface area contributed by atoms with E-state index >= 15 is 0 Å². The van der Waals surface area contributed by atoms with Crippen LogP contribution in [0.5, 0.6) is 0 Å². The Morgan fingerprint density at radius 1 is 1.43 bits per heavy atom. The van der Waals surface area contributed by atoms with E-state index in [2.05, 4.69) is 27.4 Å². The van der Waals surface area contributed by atoms with Crippen LogP contribution in [0.4, 0.5) is 13.2 Å². The topological polar surface area (TPSA) is 20.2 Å². The highest BCUT2D eigenvalue weighted by atomic mass is 19.4. The summed E-state index contributed by atoms with van der Waals surface area (Å²) >= 11 is 0. The minimum atomic E-state index is -4.70. The van der Waals surface area contributed by atoms with Crippen molar-refractivity contribution >= 4 is 0 Å². The molecule has 0 aromatic rings. The van der Waals surface area contributed by atoms with Gasteiger partial charge in [0, 0.05) is 0 Å². The average Bonchev–Trinajstić information content (AvgIpc) is 2.42. The van der Waals surface area contributed by atoms with Crippen LogP contribution < -0.4 is 0 Å². The average molecular weight is 304 g/mol. The van der Waals surface area contributed by atoms with E-state index in [9.17, 15) is 18.3 Å². The molecule has 1 nitrogen and oxygen atoms in total. The number of hydrogen-bond acceptors (Lipinski definition) is 1. The fourth-order valence-corrected chi connectivity index (χ4v) is 3.36. The zero-order valence-electron chi connectivity index (χ0n) is 13.2. The molecule has 0 amide bonds. The number of alkyl halides is 3. The number of allylic oxidation sites excluding steroid dienone is 1. The number of halogens is 3. The quantitative estimate of drug-likeness (QED) is 0.663. The molecule has 4 heteroatoms.